The highest BCUT2D eigenvalue weighted by Gasteiger charge is 2.34. The van der Waals surface area contributed by atoms with Gasteiger partial charge < -0.3 is 10.2 Å². The quantitative estimate of drug-likeness (QED) is 0.913. The Hall–Kier alpha value is -1.06. The number of amides is 1. The number of piperidine rings is 1. The summed E-state index contributed by atoms with van der Waals surface area (Å²) in [6.45, 7) is 4.15. The van der Waals surface area contributed by atoms with E-state index in [1.54, 1.807) is 0 Å². The number of likely N-dealkylation sites (tertiary alicyclic amines) is 1. The normalized spacial score (nSPS) is 27.5. The van der Waals surface area contributed by atoms with Crippen LogP contribution in [-0.2, 0) is 11.2 Å². The SMILES string of the molecule is C[C@H]1C[C@@H](C(=O)N2CCCC2CCc2ccccc2)CCN1.Cl. The number of aryl methyl sites for hydroxylation is 1. The molecular formula is C19H29ClN2O. The van der Waals surface area contributed by atoms with E-state index in [-0.39, 0.29) is 18.3 Å². The maximum atomic E-state index is 12.9. The second-order valence-corrected chi connectivity index (χ2v) is 6.93. The summed E-state index contributed by atoms with van der Waals surface area (Å²) in [6.07, 6.45) is 6.55. The van der Waals surface area contributed by atoms with Crippen molar-refractivity contribution in [1.82, 2.24) is 10.2 Å². The average Bonchev–Trinajstić information content (AvgIpc) is 3.01. The Morgan fingerprint density at radius 2 is 2.04 bits per heavy atom. The minimum atomic E-state index is 0. The Bertz CT molecular complexity index is 493. The lowest BCUT2D eigenvalue weighted by atomic mass is 9.91. The van der Waals surface area contributed by atoms with Gasteiger partial charge in [-0.2, -0.15) is 0 Å². The van der Waals surface area contributed by atoms with Crippen molar-refractivity contribution in [2.24, 2.45) is 5.92 Å². The molecule has 0 radical (unpaired) electrons. The van der Waals surface area contributed by atoms with Crippen molar-refractivity contribution in [1.29, 1.82) is 0 Å². The van der Waals surface area contributed by atoms with Crippen molar-refractivity contribution in [2.75, 3.05) is 13.1 Å². The Labute approximate surface area is 146 Å². The predicted molar refractivity (Wildman–Crippen MR) is 96.9 cm³/mol. The van der Waals surface area contributed by atoms with Gasteiger partial charge in [0.05, 0.1) is 0 Å². The van der Waals surface area contributed by atoms with Gasteiger partial charge >= 0.3 is 0 Å². The number of hydrogen-bond acceptors (Lipinski definition) is 2. The molecule has 2 aliphatic heterocycles. The maximum absolute atomic E-state index is 12.9. The monoisotopic (exact) mass is 336 g/mol. The third-order valence-electron chi connectivity index (χ3n) is 5.24. The van der Waals surface area contributed by atoms with E-state index in [0.29, 0.717) is 18.0 Å². The Balaban J connectivity index is 0.00000192. The number of halogens is 1. The fourth-order valence-electron chi connectivity index (χ4n) is 3.99. The van der Waals surface area contributed by atoms with E-state index in [1.807, 2.05) is 0 Å². The molecule has 0 aromatic heterocycles. The first-order valence-electron chi connectivity index (χ1n) is 8.82. The van der Waals surface area contributed by atoms with Crippen molar-refractivity contribution in [3.05, 3.63) is 35.9 Å². The van der Waals surface area contributed by atoms with Gasteiger partial charge in [-0.25, -0.2) is 0 Å². The molecule has 1 N–H and O–H groups in total. The lowest BCUT2D eigenvalue weighted by molar-refractivity contribution is -0.137. The molecule has 3 atom stereocenters. The van der Waals surface area contributed by atoms with Gasteiger partial charge in [-0.3, -0.25) is 4.79 Å². The van der Waals surface area contributed by atoms with Gasteiger partial charge in [-0.1, -0.05) is 30.3 Å². The van der Waals surface area contributed by atoms with E-state index in [9.17, 15) is 4.79 Å². The molecule has 1 aromatic rings. The second kappa shape index (κ2) is 8.70. The number of carbonyl (C=O) groups is 1. The zero-order chi connectivity index (χ0) is 15.4. The topological polar surface area (TPSA) is 32.3 Å². The summed E-state index contributed by atoms with van der Waals surface area (Å²) in [5.74, 6) is 0.664. The summed E-state index contributed by atoms with van der Waals surface area (Å²) < 4.78 is 0. The van der Waals surface area contributed by atoms with E-state index < -0.39 is 0 Å². The summed E-state index contributed by atoms with van der Waals surface area (Å²) in [7, 11) is 0. The van der Waals surface area contributed by atoms with Crippen LogP contribution >= 0.6 is 12.4 Å². The zero-order valence-corrected chi connectivity index (χ0v) is 14.9. The van der Waals surface area contributed by atoms with E-state index in [0.717, 1.165) is 38.8 Å². The minimum Gasteiger partial charge on any atom is -0.339 e. The van der Waals surface area contributed by atoms with E-state index >= 15 is 0 Å². The molecular weight excluding hydrogens is 308 g/mol. The first-order valence-corrected chi connectivity index (χ1v) is 8.82. The van der Waals surface area contributed by atoms with Crippen LogP contribution in [0.25, 0.3) is 0 Å². The molecule has 2 aliphatic rings. The van der Waals surface area contributed by atoms with Gasteiger partial charge in [-0.15, -0.1) is 12.4 Å². The predicted octanol–water partition coefficient (Wildman–Crippen LogP) is 3.42. The smallest absolute Gasteiger partial charge is 0.226 e. The standard InChI is InChI=1S/C19H28N2O.ClH/c1-15-14-17(11-12-20-15)19(22)21-13-5-8-18(21)10-9-16-6-3-2-4-7-16;/h2-4,6-7,15,17-18,20H,5,8-14H2,1H3;1H/t15-,17-,18?;/m0./s1. The average molecular weight is 337 g/mol. The van der Waals surface area contributed by atoms with E-state index in [1.165, 1.54) is 18.4 Å². The summed E-state index contributed by atoms with van der Waals surface area (Å²) in [5, 5.41) is 3.44. The minimum absolute atomic E-state index is 0. The fraction of sp³-hybridized carbons (Fsp3) is 0.632. The van der Waals surface area contributed by atoms with Crippen molar-refractivity contribution < 1.29 is 4.79 Å². The molecule has 0 aliphatic carbocycles. The highest BCUT2D eigenvalue weighted by molar-refractivity contribution is 5.85. The van der Waals surface area contributed by atoms with Crippen LogP contribution < -0.4 is 5.32 Å². The first kappa shape index (κ1) is 18.3. The van der Waals surface area contributed by atoms with Crippen LogP contribution in [0, 0.1) is 5.92 Å². The molecule has 1 unspecified atom stereocenters. The molecule has 0 bridgehead atoms. The summed E-state index contributed by atoms with van der Waals surface area (Å²) in [4.78, 5) is 15.1. The summed E-state index contributed by atoms with van der Waals surface area (Å²) in [6, 6.07) is 11.6. The Morgan fingerprint density at radius 1 is 1.26 bits per heavy atom. The van der Waals surface area contributed by atoms with Gasteiger partial charge in [0.25, 0.3) is 0 Å². The van der Waals surface area contributed by atoms with Crippen molar-refractivity contribution in [3.63, 3.8) is 0 Å². The highest BCUT2D eigenvalue weighted by Crippen LogP contribution is 2.27. The highest BCUT2D eigenvalue weighted by atomic mass is 35.5. The molecule has 0 spiro atoms. The third-order valence-corrected chi connectivity index (χ3v) is 5.24. The van der Waals surface area contributed by atoms with Crippen LogP contribution in [0.3, 0.4) is 0 Å². The molecule has 2 fully saturated rings. The van der Waals surface area contributed by atoms with Crippen molar-refractivity contribution >= 4 is 18.3 Å². The summed E-state index contributed by atoms with van der Waals surface area (Å²) >= 11 is 0. The van der Waals surface area contributed by atoms with Crippen LogP contribution in [0.4, 0.5) is 0 Å². The third kappa shape index (κ3) is 4.71. The molecule has 128 valence electrons. The lowest BCUT2D eigenvalue weighted by Gasteiger charge is -2.33. The Morgan fingerprint density at radius 3 is 2.78 bits per heavy atom. The molecule has 2 heterocycles. The number of benzene rings is 1. The molecule has 1 amide bonds. The number of nitrogens with one attached hydrogen (secondary N) is 1. The molecule has 0 saturated carbocycles. The van der Waals surface area contributed by atoms with Gasteiger partial charge in [0.2, 0.25) is 5.91 Å². The van der Waals surface area contributed by atoms with Crippen LogP contribution in [0.5, 0.6) is 0 Å². The number of rotatable bonds is 4. The first-order chi connectivity index (χ1) is 10.7. The molecule has 23 heavy (non-hydrogen) atoms. The number of carbonyl (C=O) groups excluding carboxylic acids is 1. The van der Waals surface area contributed by atoms with E-state index in [2.05, 4.69) is 47.5 Å². The van der Waals surface area contributed by atoms with Crippen LogP contribution in [0.2, 0.25) is 0 Å². The largest absolute Gasteiger partial charge is 0.339 e. The van der Waals surface area contributed by atoms with Crippen LogP contribution in [0.1, 0.15) is 44.6 Å². The van der Waals surface area contributed by atoms with E-state index in [4.69, 9.17) is 0 Å². The molecule has 3 rings (SSSR count). The summed E-state index contributed by atoms with van der Waals surface area (Å²) in [5.41, 5.74) is 1.39. The molecule has 4 heteroatoms. The van der Waals surface area contributed by atoms with Gasteiger partial charge in [0.1, 0.15) is 0 Å². The van der Waals surface area contributed by atoms with Gasteiger partial charge in [-0.05, 0) is 57.6 Å². The fourth-order valence-corrected chi connectivity index (χ4v) is 3.99. The second-order valence-electron chi connectivity index (χ2n) is 6.93. The molecule has 1 aromatic carbocycles. The van der Waals surface area contributed by atoms with Crippen molar-refractivity contribution in [2.45, 2.75) is 57.5 Å². The molecule has 2 saturated heterocycles. The Kier molecular flexibility index (Phi) is 6.91. The van der Waals surface area contributed by atoms with Crippen LogP contribution in [-0.4, -0.2) is 36.0 Å². The van der Waals surface area contributed by atoms with Gasteiger partial charge in [0.15, 0.2) is 0 Å². The lowest BCUT2D eigenvalue weighted by Crippen LogP contribution is -2.45. The van der Waals surface area contributed by atoms with Crippen molar-refractivity contribution in [3.8, 4) is 0 Å². The van der Waals surface area contributed by atoms with Crippen LogP contribution in [0.15, 0.2) is 30.3 Å². The zero-order valence-electron chi connectivity index (χ0n) is 14.0. The number of hydrogen-bond donors (Lipinski definition) is 1. The number of nitrogens with zero attached hydrogens (tertiary/aromatic N) is 1. The molecule has 3 nitrogen and oxygen atoms in total. The van der Waals surface area contributed by atoms with Gasteiger partial charge in [0, 0.05) is 24.5 Å². The maximum Gasteiger partial charge on any atom is 0.226 e.